The second-order valence-corrected chi connectivity index (χ2v) is 3.07. The van der Waals surface area contributed by atoms with Crippen molar-refractivity contribution in [1.29, 1.82) is 0 Å². The predicted molar refractivity (Wildman–Crippen MR) is 51.2 cm³/mol. The van der Waals surface area contributed by atoms with E-state index in [2.05, 4.69) is 28.2 Å². The van der Waals surface area contributed by atoms with Crippen molar-refractivity contribution in [3.8, 4) is 0 Å². The van der Waals surface area contributed by atoms with E-state index in [1.165, 1.54) is 13.1 Å². The molecule has 1 rings (SSSR count). The summed E-state index contributed by atoms with van der Waals surface area (Å²) in [5.41, 5.74) is 0. The van der Waals surface area contributed by atoms with Gasteiger partial charge in [-0.3, -0.25) is 4.90 Å². The Morgan fingerprint density at radius 2 is 2.09 bits per heavy atom. The predicted octanol–water partition coefficient (Wildman–Crippen LogP) is -0.631. The summed E-state index contributed by atoms with van der Waals surface area (Å²) >= 11 is 4.08. The van der Waals surface area contributed by atoms with Crippen molar-refractivity contribution in [2.75, 3.05) is 45.1 Å². The highest BCUT2D eigenvalue weighted by Crippen LogP contribution is 1.89. The highest BCUT2D eigenvalue weighted by molar-refractivity contribution is 7.80. The Kier molecular flexibility index (Phi) is 4.94. The molecule has 1 aliphatic heterocycles. The van der Waals surface area contributed by atoms with Crippen LogP contribution in [0.3, 0.4) is 0 Å². The van der Waals surface area contributed by atoms with Crippen LogP contribution in [0.5, 0.6) is 0 Å². The molecule has 0 aromatic carbocycles. The van der Waals surface area contributed by atoms with Gasteiger partial charge in [-0.1, -0.05) is 0 Å². The number of rotatable bonds is 4. The molecule has 4 heteroatoms. The van der Waals surface area contributed by atoms with Gasteiger partial charge in [-0.2, -0.15) is 12.6 Å². The van der Waals surface area contributed by atoms with Gasteiger partial charge in [-0.05, 0) is 0 Å². The molecule has 1 heterocycles. The Morgan fingerprint density at radius 3 is 2.73 bits per heavy atom. The fourth-order valence-corrected chi connectivity index (χ4v) is 1.41. The third kappa shape index (κ3) is 3.96. The first-order valence-electron chi connectivity index (χ1n) is 4.18. The standard InChI is InChI=1S/C7H17N3S/c11-7-9-3-6-10-4-1-8-2-5-10/h8-9,11H,1-7H2. The number of hydrogen-bond donors (Lipinski definition) is 3. The summed E-state index contributed by atoms with van der Waals surface area (Å²) in [6.07, 6.45) is 0. The molecule has 0 radical (unpaired) electrons. The monoisotopic (exact) mass is 175 g/mol. The van der Waals surface area contributed by atoms with Gasteiger partial charge in [0.05, 0.1) is 0 Å². The first-order valence-corrected chi connectivity index (χ1v) is 4.81. The summed E-state index contributed by atoms with van der Waals surface area (Å²) in [5.74, 6) is 0.784. The van der Waals surface area contributed by atoms with Crippen molar-refractivity contribution in [1.82, 2.24) is 15.5 Å². The van der Waals surface area contributed by atoms with E-state index in [0.717, 1.165) is 32.1 Å². The van der Waals surface area contributed by atoms with Gasteiger partial charge in [0, 0.05) is 45.1 Å². The molecule has 1 aliphatic rings. The largest absolute Gasteiger partial charge is 0.314 e. The topological polar surface area (TPSA) is 27.3 Å². The third-order valence-corrected chi connectivity index (χ3v) is 2.15. The van der Waals surface area contributed by atoms with Crippen LogP contribution in [-0.4, -0.2) is 50.0 Å². The summed E-state index contributed by atoms with van der Waals surface area (Å²) in [4.78, 5) is 2.47. The number of piperazine rings is 1. The molecule has 3 nitrogen and oxygen atoms in total. The van der Waals surface area contributed by atoms with Crippen LogP contribution in [0.4, 0.5) is 0 Å². The number of nitrogens with zero attached hydrogens (tertiary/aromatic N) is 1. The van der Waals surface area contributed by atoms with Crippen LogP contribution in [0, 0.1) is 0 Å². The fraction of sp³-hybridized carbons (Fsp3) is 1.00. The third-order valence-electron chi connectivity index (χ3n) is 1.93. The number of hydrogen-bond acceptors (Lipinski definition) is 4. The Labute approximate surface area is 73.9 Å². The molecule has 66 valence electrons. The molecule has 0 aliphatic carbocycles. The van der Waals surface area contributed by atoms with E-state index in [-0.39, 0.29) is 0 Å². The summed E-state index contributed by atoms with van der Waals surface area (Å²) in [5, 5.41) is 6.53. The van der Waals surface area contributed by atoms with Gasteiger partial charge >= 0.3 is 0 Å². The average molecular weight is 175 g/mol. The second-order valence-electron chi connectivity index (χ2n) is 2.75. The molecule has 0 atom stereocenters. The van der Waals surface area contributed by atoms with Gasteiger partial charge < -0.3 is 10.6 Å². The van der Waals surface area contributed by atoms with Gasteiger partial charge in [0.1, 0.15) is 0 Å². The second kappa shape index (κ2) is 5.83. The van der Waals surface area contributed by atoms with E-state index in [1.54, 1.807) is 0 Å². The molecular weight excluding hydrogens is 158 g/mol. The maximum absolute atomic E-state index is 4.08. The normalized spacial score (nSPS) is 20.5. The van der Waals surface area contributed by atoms with Crippen LogP contribution in [0.25, 0.3) is 0 Å². The Morgan fingerprint density at radius 1 is 1.36 bits per heavy atom. The SMILES string of the molecule is SCNCCN1CCNCC1. The molecule has 2 N–H and O–H groups in total. The van der Waals surface area contributed by atoms with Gasteiger partial charge in [0.15, 0.2) is 0 Å². The molecule has 0 aromatic heterocycles. The molecule has 0 unspecified atom stereocenters. The van der Waals surface area contributed by atoms with Crippen LogP contribution in [-0.2, 0) is 0 Å². The van der Waals surface area contributed by atoms with E-state index in [0.29, 0.717) is 0 Å². The van der Waals surface area contributed by atoms with Gasteiger partial charge in [-0.15, -0.1) is 0 Å². The van der Waals surface area contributed by atoms with Crippen molar-refractivity contribution in [3.63, 3.8) is 0 Å². The summed E-state index contributed by atoms with van der Waals surface area (Å²) in [7, 11) is 0. The lowest BCUT2D eigenvalue weighted by Gasteiger charge is -2.26. The van der Waals surface area contributed by atoms with E-state index in [9.17, 15) is 0 Å². The highest BCUT2D eigenvalue weighted by Gasteiger charge is 2.07. The number of nitrogens with one attached hydrogen (secondary N) is 2. The van der Waals surface area contributed by atoms with Gasteiger partial charge in [-0.25, -0.2) is 0 Å². The maximum Gasteiger partial charge on any atom is 0.0387 e. The van der Waals surface area contributed by atoms with E-state index >= 15 is 0 Å². The van der Waals surface area contributed by atoms with E-state index < -0.39 is 0 Å². The van der Waals surface area contributed by atoms with Crippen molar-refractivity contribution >= 4 is 12.6 Å². The quantitative estimate of drug-likeness (QED) is 0.302. The average Bonchev–Trinajstić information content (AvgIpc) is 2.07. The molecule has 0 saturated carbocycles. The minimum atomic E-state index is 0.784. The molecule has 1 saturated heterocycles. The van der Waals surface area contributed by atoms with Crippen LogP contribution in [0.1, 0.15) is 0 Å². The molecule has 0 bridgehead atoms. The van der Waals surface area contributed by atoms with Crippen molar-refractivity contribution in [2.45, 2.75) is 0 Å². The molecule has 0 aromatic rings. The van der Waals surface area contributed by atoms with Crippen molar-refractivity contribution in [2.24, 2.45) is 0 Å². The maximum atomic E-state index is 4.08. The Balaban J connectivity index is 1.96. The molecule has 11 heavy (non-hydrogen) atoms. The van der Waals surface area contributed by atoms with Crippen LogP contribution in [0.2, 0.25) is 0 Å². The number of thiol groups is 1. The lowest BCUT2D eigenvalue weighted by Crippen LogP contribution is -2.45. The minimum absolute atomic E-state index is 0.784. The van der Waals surface area contributed by atoms with Crippen LogP contribution < -0.4 is 10.6 Å². The zero-order valence-corrected chi connectivity index (χ0v) is 7.74. The molecule has 0 amide bonds. The van der Waals surface area contributed by atoms with Crippen molar-refractivity contribution < 1.29 is 0 Å². The first kappa shape index (κ1) is 9.32. The summed E-state index contributed by atoms with van der Waals surface area (Å²) < 4.78 is 0. The zero-order valence-electron chi connectivity index (χ0n) is 6.84. The van der Waals surface area contributed by atoms with Gasteiger partial charge in [0.2, 0.25) is 0 Å². The smallest absolute Gasteiger partial charge is 0.0387 e. The molecule has 0 spiro atoms. The van der Waals surface area contributed by atoms with Crippen LogP contribution >= 0.6 is 12.6 Å². The minimum Gasteiger partial charge on any atom is -0.314 e. The van der Waals surface area contributed by atoms with Crippen LogP contribution in [0.15, 0.2) is 0 Å². The summed E-state index contributed by atoms with van der Waals surface area (Å²) in [6.45, 7) is 6.87. The first-order chi connectivity index (χ1) is 5.43. The Hall–Kier alpha value is 0.230. The lowest BCUT2D eigenvalue weighted by molar-refractivity contribution is 0.242. The molecular formula is C7H17N3S. The zero-order chi connectivity index (χ0) is 7.94. The van der Waals surface area contributed by atoms with E-state index in [4.69, 9.17) is 0 Å². The van der Waals surface area contributed by atoms with E-state index in [1.807, 2.05) is 0 Å². The highest BCUT2D eigenvalue weighted by atomic mass is 32.1. The fourth-order valence-electron chi connectivity index (χ4n) is 1.25. The van der Waals surface area contributed by atoms with Gasteiger partial charge in [0.25, 0.3) is 0 Å². The summed E-state index contributed by atoms with van der Waals surface area (Å²) in [6, 6.07) is 0. The molecule has 1 fully saturated rings. The lowest BCUT2D eigenvalue weighted by atomic mass is 10.3. The Bertz CT molecular complexity index is 93.7. The van der Waals surface area contributed by atoms with Crippen molar-refractivity contribution in [3.05, 3.63) is 0 Å².